The quantitative estimate of drug-likeness (QED) is 0.923. The van der Waals surface area contributed by atoms with Crippen molar-refractivity contribution in [3.63, 3.8) is 0 Å². The van der Waals surface area contributed by atoms with Gasteiger partial charge in [0.15, 0.2) is 6.04 Å². The van der Waals surface area contributed by atoms with Gasteiger partial charge in [0.1, 0.15) is 0 Å². The summed E-state index contributed by atoms with van der Waals surface area (Å²) in [5, 5.41) is 10.1. The number of nitrogens with zero attached hydrogens (tertiary/aromatic N) is 1. The molecule has 1 unspecified atom stereocenters. The highest BCUT2D eigenvalue weighted by molar-refractivity contribution is 6.30. The van der Waals surface area contributed by atoms with Crippen LogP contribution < -0.4 is 0 Å². The molecule has 0 heterocycles. The summed E-state index contributed by atoms with van der Waals surface area (Å²) in [7, 11) is 0. The summed E-state index contributed by atoms with van der Waals surface area (Å²) in [5.74, 6) is -1.21. The number of carbonyl (C=O) groups is 2. The van der Waals surface area contributed by atoms with Crippen molar-refractivity contribution >= 4 is 23.5 Å². The van der Waals surface area contributed by atoms with Crippen LogP contribution in [-0.4, -0.2) is 27.9 Å². The van der Waals surface area contributed by atoms with E-state index in [1.807, 2.05) is 6.92 Å². The molecule has 0 aliphatic heterocycles. The molecule has 1 saturated carbocycles. The van der Waals surface area contributed by atoms with Crippen molar-refractivity contribution in [1.82, 2.24) is 4.90 Å². The van der Waals surface area contributed by atoms with Crippen LogP contribution in [0.1, 0.15) is 36.9 Å². The second-order valence-electron chi connectivity index (χ2n) is 4.90. The minimum absolute atomic E-state index is 0.0497. The molecular weight excluding hydrogens is 266 g/mol. The molecule has 1 atom stereocenters. The number of aryl methyl sites for hydroxylation is 1. The van der Waals surface area contributed by atoms with Crippen LogP contribution in [0.5, 0.6) is 0 Å². The minimum atomic E-state index is -1.01. The molecule has 1 amide bonds. The molecule has 0 saturated heterocycles. The highest BCUT2D eigenvalue weighted by atomic mass is 35.5. The maximum atomic E-state index is 11.8. The Balaban J connectivity index is 2.44. The predicted molar refractivity (Wildman–Crippen MR) is 72.1 cm³/mol. The third-order valence-corrected chi connectivity index (χ3v) is 3.58. The summed E-state index contributed by atoms with van der Waals surface area (Å²) < 4.78 is 0. The van der Waals surface area contributed by atoms with Crippen LogP contribution in [0.3, 0.4) is 0 Å². The van der Waals surface area contributed by atoms with Crippen LogP contribution in [-0.2, 0) is 9.59 Å². The largest absolute Gasteiger partial charge is 0.479 e. The smallest absolute Gasteiger partial charge is 0.331 e. The van der Waals surface area contributed by atoms with E-state index < -0.39 is 12.0 Å². The van der Waals surface area contributed by atoms with E-state index in [1.165, 1.54) is 11.8 Å². The van der Waals surface area contributed by atoms with Gasteiger partial charge in [-0.1, -0.05) is 17.7 Å². The molecular formula is C14H16ClNO3. The van der Waals surface area contributed by atoms with Crippen LogP contribution in [0.25, 0.3) is 0 Å². The fraction of sp³-hybridized carbons (Fsp3) is 0.429. The molecule has 1 aromatic carbocycles. The van der Waals surface area contributed by atoms with Crippen LogP contribution in [0.4, 0.5) is 0 Å². The number of hydrogen-bond donors (Lipinski definition) is 1. The molecule has 0 spiro atoms. The number of carboxylic acids is 1. The molecule has 0 bridgehead atoms. The first-order valence-corrected chi connectivity index (χ1v) is 6.57. The number of carbonyl (C=O) groups excluding carboxylic acids is 1. The average Bonchev–Trinajstić information content (AvgIpc) is 3.10. The number of halogens is 1. The van der Waals surface area contributed by atoms with Crippen molar-refractivity contribution in [2.45, 2.75) is 38.8 Å². The Morgan fingerprint density at radius 3 is 2.47 bits per heavy atom. The fourth-order valence-corrected chi connectivity index (χ4v) is 2.58. The number of aliphatic carboxylic acids is 1. The van der Waals surface area contributed by atoms with Gasteiger partial charge in [0, 0.05) is 18.0 Å². The fourth-order valence-electron chi connectivity index (χ4n) is 2.35. The number of benzene rings is 1. The first kappa shape index (κ1) is 13.9. The van der Waals surface area contributed by atoms with E-state index in [0.29, 0.717) is 10.6 Å². The standard InChI is InChI=1S/C14H16ClNO3/c1-8-7-10(15)3-6-12(8)13(14(18)19)16(9(2)17)11-4-5-11/h3,6-7,11,13H,4-5H2,1-2H3,(H,18,19). The maximum Gasteiger partial charge on any atom is 0.331 e. The number of amides is 1. The first-order chi connectivity index (χ1) is 8.91. The van der Waals surface area contributed by atoms with Gasteiger partial charge in [-0.05, 0) is 43.0 Å². The van der Waals surface area contributed by atoms with E-state index in [9.17, 15) is 14.7 Å². The Hall–Kier alpha value is -1.55. The van der Waals surface area contributed by atoms with Gasteiger partial charge in [0.2, 0.25) is 5.91 Å². The van der Waals surface area contributed by atoms with Gasteiger partial charge in [-0.2, -0.15) is 0 Å². The zero-order valence-electron chi connectivity index (χ0n) is 10.9. The van der Waals surface area contributed by atoms with Gasteiger partial charge in [-0.15, -0.1) is 0 Å². The number of hydrogen-bond acceptors (Lipinski definition) is 2. The molecule has 1 aliphatic carbocycles. The molecule has 2 rings (SSSR count). The van der Waals surface area contributed by atoms with E-state index in [4.69, 9.17) is 11.6 Å². The number of carboxylic acid groups (broad SMARTS) is 1. The van der Waals surface area contributed by atoms with E-state index >= 15 is 0 Å². The average molecular weight is 282 g/mol. The summed E-state index contributed by atoms with van der Waals surface area (Å²) in [6, 6.07) is 4.19. The highest BCUT2D eigenvalue weighted by Crippen LogP contribution is 2.36. The van der Waals surface area contributed by atoms with Gasteiger partial charge in [0.25, 0.3) is 0 Å². The van der Waals surface area contributed by atoms with Gasteiger partial charge in [0.05, 0.1) is 0 Å². The Morgan fingerprint density at radius 2 is 2.05 bits per heavy atom. The Morgan fingerprint density at radius 1 is 1.42 bits per heavy atom. The molecule has 1 N–H and O–H groups in total. The van der Waals surface area contributed by atoms with E-state index in [2.05, 4.69) is 0 Å². The van der Waals surface area contributed by atoms with Gasteiger partial charge >= 0.3 is 5.97 Å². The van der Waals surface area contributed by atoms with Crippen molar-refractivity contribution in [3.05, 3.63) is 34.3 Å². The summed E-state index contributed by atoms with van der Waals surface area (Å²) >= 11 is 5.89. The van der Waals surface area contributed by atoms with Crippen LogP contribution >= 0.6 is 11.6 Å². The van der Waals surface area contributed by atoms with Gasteiger partial charge < -0.3 is 10.0 Å². The van der Waals surface area contributed by atoms with E-state index in [0.717, 1.165) is 18.4 Å². The monoisotopic (exact) mass is 281 g/mol. The molecule has 1 aliphatic rings. The van der Waals surface area contributed by atoms with Crippen LogP contribution in [0.2, 0.25) is 5.02 Å². The molecule has 102 valence electrons. The van der Waals surface area contributed by atoms with Crippen molar-refractivity contribution in [2.75, 3.05) is 0 Å². The van der Waals surface area contributed by atoms with Crippen molar-refractivity contribution in [3.8, 4) is 0 Å². The molecule has 0 radical (unpaired) electrons. The van der Waals surface area contributed by atoms with E-state index in [-0.39, 0.29) is 11.9 Å². The Bertz CT molecular complexity index is 525. The molecule has 1 aromatic rings. The maximum absolute atomic E-state index is 11.8. The van der Waals surface area contributed by atoms with Crippen molar-refractivity contribution < 1.29 is 14.7 Å². The van der Waals surface area contributed by atoms with Crippen molar-refractivity contribution in [1.29, 1.82) is 0 Å². The zero-order valence-corrected chi connectivity index (χ0v) is 11.6. The second-order valence-corrected chi connectivity index (χ2v) is 5.34. The lowest BCUT2D eigenvalue weighted by atomic mass is 9.99. The van der Waals surface area contributed by atoms with Crippen molar-refractivity contribution in [2.24, 2.45) is 0 Å². The topological polar surface area (TPSA) is 57.6 Å². The number of rotatable bonds is 4. The zero-order chi connectivity index (χ0) is 14.2. The lowest BCUT2D eigenvalue weighted by Crippen LogP contribution is -2.39. The van der Waals surface area contributed by atoms with Gasteiger partial charge in [-0.25, -0.2) is 4.79 Å². The van der Waals surface area contributed by atoms with Gasteiger partial charge in [-0.3, -0.25) is 4.79 Å². The molecule has 4 nitrogen and oxygen atoms in total. The summed E-state index contributed by atoms with van der Waals surface area (Å²) in [5.41, 5.74) is 1.41. The molecule has 19 heavy (non-hydrogen) atoms. The van der Waals surface area contributed by atoms with Crippen LogP contribution in [0.15, 0.2) is 18.2 Å². The van der Waals surface area contributed by atoms with Crippen LogP contribution in [0, 0.1) is 6.92 Å². The molecule has 5 heteroatoms. The Kier molecular flexibility index (Phi) is 3.80. The Labute approximate surface area is 117 Å². The first-order valence-electron chi connectivity index (χ1n) is 6.19. The summed E-state index contributed by atoms with van der Waals surface area (Å²) in [6.07, 6.45) is 1.74. The molecule has 1 fully saturated rings. The summed E-state index contributed by atoms with van der Waals surface area (Å²) in [6.45, 7) is 3.22. The SMILES string of the molecule is CC(=O)N(C1CC1)C(C(=O)O)c1ccc(Cl)cc1C. The second kappa shape index (κ2) is 5.21. The predicted octanol–water partition coefficient (Wildman–Crippen LogP) is 2.79. The summed E-state index contributed by atoms with van der Waals surface area (Å²) in [4.78, 5) is 24.8. The van der Waals surface area contributed by atoms with E-state index in [1.54, 1.807) is 18.2 Å². The third kappa shape index (κ3) is 2.89. The molecule has 0 aromatic heterocycles. The third-order valence-electron chi connectivity index (χ3n) is 3.34. The lowest BCUT2D eigenvalue weighted by molar-refractivity contribution is -0.150. The normalized spacial score (nSPS) is 15.9. The lowest BCUT2D eigenvalue weighted by Gasteiger charge is -2.29. The highest BCUT2D eigenvalue weighted by Gasteiger charge is 2.40. The minimum Gasteiger partial charge on any atom is -0.479 e.